The van der Waals surface area contributed by atoms with Gasteiger partial charge in [0.05, 0.1) is 5.56 Å². The number of aromatic carboxylic acids is 1. The molecule has 2 rings (SSSR count). The number of anilines is 1. The second kappa shape index (κ2) is 5.90. The molecule has 1 aromatic rings. The summed E-state index contributed by atoms with van der Waals surface area (Å²) in [5.74, 6) is 0.00115. The number of piperidine rings is 1. The summed E-state index contributed by atoms with van der Waals surface area (Å²) in [5.41, 5.74) is 1.05. The number of nitrogens with one attached hydrogen (secondary N) is 1. The van der Waals surface area contributed by atoms with Gasteiger partial charge < -0.3 is 15.3 Å². The quantitative estimate of drug-likeness (QED) is 0.863. The summed E-state index contributed by atoms with van der Waals surface area (Å²) in [6.45, 7) is 3.39. The molecule has 1 saturated heterocycles. The minimum atomic E-state index is -0.967. The van der Waals surface area contributed by atoms with Crippen LogP contribution < -0.4 is 10.2 Å². The maximum Gasteiger partial charge on any atom is 0.337 e. The summed E-state index contributed by atoms with van der Waals surface area (Å²) in [5, 5.41) is 11.6. The summed E-state index contributed by atoms with van der Waals surface area (Å²) in [7, 11) is 1.66. The van der Waals surface area contributed by atoms with E-state index in [1.165, 1.54) is 6.20 Å². The van der Waals surface area contributed by atoms with E-state index in [9.17, 15) is 9.59 Å². The molecule has 1 aliphatic heterocycles. The molecule has 6 heteroatoms. The van der Waals surface area contributed by atoms with Gasteiger partial charge in [0, 0.05) is 32.3 Å². The minimum absolute atomic E-state index is 0.0647. The third-order valence-corrected chi connectivity index (χ3v) is 3.71. The fraction of sp³-hybridized carbons (Fsp3) is 0.500. The van der Waals surface area contributed by atoms with Crippen LogP contribution in [-0.2, 0) is 4.79 Å². The van der Waals surface area contributed by atoms with E-state index in [0.717, 1.165) is 37.3 Å². The van der Waals surface area contributed by atoms with Crippen molar-refractivity contribution in [1.29, 1.82) is 0 Å². The number of amides is 1. The summed E-state index contributed by atoms with van der Waals surface area (Å²) in [6, 6.07) is 1.63. The molecular formula is C14H19N3O3. The molecule has 2 heterocycles. The Morgan fingerprint density at radius 2 is 2.05 bits per heavy atom. The second-order valence-corrected chi connectivity index (χ2v) is 5.05. The van der Waals surface area contributed by atoms with Gasteiger partial charge in [-0.2, -0.15) is 0 Å². The van der Waals surface area contributed by atoms with E-state index in [4.69, 9.17) is 5.11 Å². The Hall–Kier alpha value is -2.11. The Morgan fingerprint density at radius 3 is 2.55 bits per heavy atom. The number of pyridine rings is 1. The van der Waals surface area contributed by atoms with Crippen LogP contribution >= 0.6 is 0 Å². The fourth-order valence-electron chi connectivity index (χ4n) is 2.57. The van der Waals surface area contributed by atoms with Gasteiger partial charge in [-0.15, -0.1) is 0 Å². The number of hydrogen-bond donors (Lipinski definition) is 2. The zero-order valence-corrected chi connectivity index (χ0v) is 11.7. The molecule has 0 unspecified atom stereocenters. The van der Waals surface area contributed by atoms with E-state index in [-0.39, 0.29) is 17.4 Å². The highest BCUT2D eigenvalue weighted by atomic mass is 16.4. The molecule has 1 fully saturated rings. The van der Waals surface area contributed by atoms with Crippen LogP contribution in [0.3, 0.4) is 0 Å². The zero-order chi connectivity index (χ0) is 14.7. The molecule has 0 aromatic carbocycles. The van der Waals surface area contributed by atoms with Crippen LogP contribution in [0.4, 0.5) is 5.82 Å². The molecule has 0 aliphatic carbocycles. The van der Waals surface area contributed by atoms with Crippen LogP contribution in [0.15, 0.2) is 12.3 Å². The number of carboxylic acid groups (broad SMARTS) is 1. The first kappa shape index (κ1) is 14.3. The molecule has 6 nitrogen and oxygen atoms in total. The Morgan fingerprint density at radius 1 is 1.40 bits per heavy atom. The number of hydrogen-bond acceptors (Lipinski definition) is 4. The Balaban J connectivity index is 2.07. The predicted molar refractivity (Wildman–Crippen MR) is 74.9 cm³/mol. The van der Waals surface area contributed by atoms with Gasteiger partial charge in [-0.05, 0) is 31.4 Å². The molecule has 1 aliphatic rings. The van der Waals surface area contributed by atoms with Crippen molar-refractivity contribution >= 4 is 17.7 Å². The third-order valence-electron chi connectivity index (χ3n) is 3.71. The van der Waals surface area contributed by atoms with E-state index in [1.807, 2.05) is 6.92 Å². The maximum absolute atomic E-state index is 11.6. The minimum Gasteiger partial charge on any atom is -0.478 e. The molecule has 0 radical (unpaired) electrons. The monoisotopic (exact) mass is 277 g/mol. The van der Waals surface area contributed by atoms with E-state index < -0.39 is 5.97 Å². The predicted octanol–water partition coefficient (Wildman–Crippen LogP) is 1.05. The van der Waals surface area contributed by atoms with Gasteiger partial charge >= 0.3 is 5.97 Å². The number of carbonyl (C=O) groups is 2. The number of aromatic nitrogens is 1. The molecule has 1 aromatic heterocycles. The highest BCUT2D eigenvalue weighted by molar-refractivity contribution is 5.87. The number of aryl methyl sites for hydroxylation is 1. The topological polar surface area (TPSA) is 82.5 Å². The fourth-order valence-corrected chi connectivity index (χ4v) is 2.57. The van der Waals surface area contributed by atoms with Crippen molar-refractivity contribution in [2.24, 2.45) is 5.92 Å². The molecule has 0 spiro atoms. The van der Waals surface area contributed by atoms with Crippen molar-refractivity contribution in [2.75, 3.05) is 25.0 Å². The number of nitrogens with zero attached hydrogens (tertiary/aromatic N) is 2. The van der Waals surface area contributed by atoms with Crippen LogP contribution in [0.2, 0.25) is 0 Å². The van der Waals surface area contributed by atoms with Gasteiger partial charge in [0.1, 0.15) is 5.82 Å². The van der Waals surface area contributed by atoms with Crippen LogP contribution in [-0.4, -0.2) is 42.1 Å². The van der Waals surface area contributed by atoms with Crippen molar-refractivity contribution < 1.29 is 14.7 Å². The highest BCUT2D eigenvalue weighted by Gasteiger charge is 2.25. The molecule has 0 bridgehead atoms. The van der Waals surface area contributed by atoms with Gasteiger partial charge in [-0.25, -0.2) is 9.78 Å². The first-order valence-electron chi connectivity index (χ1n) is 6.69. The first-order chi connectivity index (χ1) is 9.52. The Kier molecular flexibility index (Phi) is 4.22. The maximum atomic E-state index is 11.6. The third kappa shape index (κ3) is 2.89. The van der Waals surface area contributed by atoms with Crippen molar-refractivity contribution in [3.05, 3.63) is 23.4 Å². The zero-order valence-electron chi connectivity index (χ0n) is 11.7. The summed E-state index contributed by atoms with van der Waals surface area (Å²) in [4.78, 5) is 28.8. The molecule has 20 heavy (non-hydrogen) atoms. The van der Waals surface area contributed by atoms with Crippen LogP contribution in [0.5, 0.6) is 0 Å². The number of carbonyl (C=O) groups excluding carboxylic acids is 1. The first-order valence-corrected chi connectivity index (χ1v) is 6.69. The van der Waals surface area contributed by atoms with E-state index in [2.05, 4.69) is 15.2 Å². The lowest BCUT2D eigenvalue weighted by Gasteiger charge is -2.32. The molecule has 108 valence electrons. The van der Waals surface area contributed by atoms with Crippen LogP contribution in [0, 0.1) is 12.8 Å². The largest absolute Gasteiger partial charge is 0.478 e. The average Bonchev–Trinajstić information content (AvgIpc) is 2.46. The molecule has 0 atom stereocenters. The smallest absolute Gasteiger partial charge is 0.337 e. The van der Waals surface area contributed by atoms with Gasteiger partial charge in [0.2, 0.25) is 5.91 Å². The van der Waals surface area contributed by atoms with Crippen LogP contribution in [0.25, 0.3) is 0 Å². The normalized spacial score (nSPS) is 16.0. The van der Waals surface area contributed by atoms with Crippen LogP contribution in [0.1, 0.15) is 28.8 Å². The molecule has 1 amide bonds. The lowest BCUT2D eigenvalue weighted by Crippen LogP contribution is -2.40. The Labute approximate surface area is 117 Å². The summed E-state index contributed by atoms with van der Waals surface area (Å²) >= 11 is 0. The Bertz CT molecular complexity index is 522. The highest BCUT2D eigenvalue weighted by Crippen LogP contribution is 2.24. The lowest BCUT2D eigenvalue weighted by atomic mass is 9.95. The van der Waals surface area contributed by atoms with Gasteiger partial charge in [0.25, 0.3) is 0 Å². The van der Waals surface area contributed by atoms with Crippen molar-refractivity contribution in [1.82, 2.24) is 10.3 Å². The van der Waals surface area contributed by atoms with Crippen molar-refractivity contribution in [3.8, 4) is 0 Å². The SMILES string of the molecule is CNC(=O)C1CCN(c2ncc(C(=O)O)cc2C)CC1. The van der Waals surface area contributed by atoms with Crippen molar-refractivity contribution in [2.45, 2.75) is 19.8 Å². The number of rotatable bonds is 3. The standard InChI is InChI=1S/C14H19N3O3/c1-9-7-11(14(19)20)8-16-12(9)17-5-3-10(4-6-17)13(18)15-2/h7-8,10H,3-6H2,1-2H3,(H,15,18)(H,19,20). The van der Waals surface area contributed by atoms with Gasteiger partial charge in [0.15, 0.2) is 0 Å². The molecule has 0 saturated carbocycles. The van der Waals surface area contributed by atoms with E-state index in [0.29, 0.717) is 0 Å². The number of carboxylic acids is 1. The van der Waals surface area contributed by atoms with Gasteiger partial charge in [-0.1, -0.05) is 0 Å². The summed E-state index contributed by atoms with van der Waals surface area (Å²) < 4.78 is 0. The van der Waals surface area contributed by atoms with Crippen molar-refractivity contribution in [3.63, 3.8) is 0 Å². The van der Waals surface area contributed by atoms with E-state index >= 15 is 0 Å². The average molecular weight is 277 g/mol. The lowest BCUT2D eigenvalue weighted by molar-refractivity contribution is -0.125. The summed E-state index contributed by atoms with van der Waals surface area (Å²) in [6.07, 6.45) is 2.97. The molecule has 2 N–H and O–H groups in total. The van der Waals surface area contributed by atoms with Gasteiger partial charge in [-0.3, -0.25) is 4.79 Å². The second-order valence-electron chi connectivity index (χ2n) is 5.05. The molecular weight excluding hydrogens is 258 g/mol. The van der Waals surface area contributed by atoms with E-state index in [1.54, 1.807) is 13.1 Å².